The average Bonchev–Trinajstić information content (AvgIpc) is 3.24. The van der Waals surface area contributed by atoms with Gasteiger partial charge in [0, 0.05) is 12.7 Å². The molecule has 0 spiro atoms. The van der Waals surface area contributed by atoms with E-state index in [1.165, 1.54) is 11.6 Å². The Bertz CT molecular complexity index is 1450. The number of imidazole rings is 1. The smallest absolute Gasteiger partial charge is 0.332 e. The molecule has 3 heterocycles. The van der Waals surface area contributed by atoms with Crippen molar-refractivity contribution in [3.63, 3.8) is 0 Å². The molecule has 0 saturated carbocycles. The van der Waals surface area contributed by atoms with Gasteiger partial charge in [0.15, 0.2) is 11.2 Å². The number of aromatic nitrogens is 6. The van der Waals surface area contributed by atoms with Gasteiger partial charge in [0.05, 0.1) is 12.2 Å². The molecule has 0 bridgehead atoms. The van der Waals surface area contributed by atoms with Crippen molar-refractivity contribution in [3.05, 3.63) is 73.7 Å². The predicted octanol–water partition coefficient (Wildman–Crippen LogP) is 0.541. The molecule has 10 nitrogen and oxygen atoms in total. The van der Waals surface area contributed by atoms with E-state index in [9.17, 15) is 14.4 Å². The lowest BCUT2D eigenvalue weighted by Gasteiger charge is -2.12. The minimum atomic E-state index is -0.776. The summed E-state index contributed by atoms with van der Waals surface area (Å²) in [5.41, 5.74) is 8.08. The Morgan fingerprint density at radius 2 is 1.81 bits per heavy atom. The average molecular weight is 421 g/mol. The van der Waals surface area contributed by atoms with Crippen LogP contribution in [0.5, 0.6) is 0 Å². The second-order valence-electron chi connectivity index (χ2n) is 7.63. The van der Waals surface area contributed by atoms with E-state index in [0.717, 1.165) is 27.1 Å². The number of amides is 1. The Balaban J connectivity index is 2.11. The fourth-order valence-corrected chi connectivity index (χ4v) is 3.76. The second kappa shape index (κ2) is 7.38. The van der Waals surface area contributed by atoms with Crippen LogP contribution in [0, 0.1) is 20.8 Å². The summed E-state index contributed by atoms with van der Waals surface area (Å²) in [5.74, 6) is -0.366. The summed E-state index contributed by atoms with van der Waals surface area (Å²) in [6.45, 7) is 5.57. The molecule has 0 aliphatic heterocycles. The molecular formula is C21H23N7O3. The molecule has 10 heteroatoms. The van der Waals surface area contributed by atoms with Gasteiger partial charge in [-0.05, 0) is 38.0 Å². The number of hydrogen-bond acceptors (Lipinski definition) is 5. The summed E-state index contributed by atoms with van der Waals surface area (Å²) >= 11 is 0. The lowest BCUT2D eigenvalue weighted by atomic mass is 10.1. The monoisotopic (exact) mass is 421 g/mol. The molecule has 1 aromatic carbocycles. The number of carbonyl (C=O) groups excluding carboxylic acids is 1. The maximum absolute atomic E-state index is 13.3. The minimum absolute atomic E-state index is 0.203. The molecule has 0 atom stereocenters. The molecule has 0 aliphatic rings. The lowest BCUT2D eigenvalue weighted by molar-refractivity contribution is -0.118. The highest BCUT2D eigenvalue weighted by Gasteiger charge is 2.23. The molecule has 1 amide bonds. The number of nitrogens with zero attached hydrogens (tertiary/aromatic N) is 6. The van der Waals surface area contributed by atoms with Gasteiger partial charge in [-0.3, -0.25) is 18.7 Å². The fraction of sp³-hybridized carbons (Fsp3) is 0.286. The second-order valence-corrected chi connectivity index (χ2v) is 7.63. The molecule has 4 rings (SSSR count). The topological polar surface area (TPSA) is 123 Å². The van der Waals surface area contributed by atoms with E-state index in [-0.39, 0.29) is 11.2 Å². The number of hydrogen-bond donors (Lipinski definition) is 1. The van der Waals surface area contributed by atoms with E-state index in [4.69, 9.17) is 5.73 Å². The molecule has 4 aromatic rings. The Morgan fingerprint density at radius 1 is 1.10 bits per heavy atom. The van der Waals surface area contributed by atoms with Gasteiger partial charge in [-0.25, -0.2) is 14.0 Å². The Morgan fingerprint density at radius 3 is 2.42 bits per heavy atom. The van der Waals surface area contributed by atoms with Crippen LogP contribution in [0.3, 0.4) is 0 Å². The highest BCUT2D eigenvalue weighted by Crippen LogP contribution is 2.20. The summed E-state index contributed by atoms with van der Waals surface area (Å²) in [5, 5.41) is 4.52. The van der Waals surface area contributed by atoms with Crippen molar-refractivity contribution in [2.75, 3.05) is 0 Å². The predicted molar refractivity (Wildman–Crippen MR) is 115 cm³/mol. The van der Waals surface area contributed by atoms with E-state index in [2.05, 4.69) is 10.1 Å². The number of benzene rings is 1. The maximum atomic E-state index is 13.3. The van der Waals surface area contributed by atoms with E-state index in [1.807, 2.05) is 51.1 Å². The molecule has 0 saturated heterocycles. The zero-order chi connectivity index (χ0) is 22.4. The largest absolute Gasteiger partial charge is 0.368 e. The highest BCUT2D eigenvalue weighted by atomic mass is 16.2. The third kappa shape index (κ3) is 3.35. The van der Waals surface area contributed by atoms with Crippen LogP contribution in [-0.2, 0) is 24.9 Å². The fourth-order valence-electron chi connectivity index (χ4n) is 3.76. The highest BCUT2D eigenvalue weighted by molar-refractivity contribution is 5.75. The summed E-state index contributed by atoms with van der Waals surface area (Å²) < 4.78 is 5.47. The van der Waals surface area contributed by atoms with Crippen molar-refractivity contribution >= 4 is 17.1 Å². The van der Waals surface area contributed by atoms with Gasteiger partial charge in [-0.2, -0.15) is 10.1 Å². The van der Waals surface area contributed by atoms with Gasteiger partial charge in [0.1, 0.15) is 6.54 Å². The van der Waals surface area contributed by atoms with Crippen LogP contribution in [0.2, 0.25) is 0 Å². The number of rotatable bonds is 5. The van der Waals surface area contributed by atoms with Crippen LogP contribution in [0.15, 0.2) is 39.9 Å². The van der Waals surface area contributed by atoms with Crippen LogP contribution >= 0.6 is 0 Å². The molecule has 0 unspecified atom stereocenters. The Kier molecular flexibility index (Phi) is 4.84. The molecule has 0 radical (unpaired) electrons. The Labute approximate surface area is 177 Å². The summed E-state index contributed by atoms with van der Waals surface area (Å²) in [4.78, 5) is 42.2. The van der Waals surface area contributed by atoms with Crippen molar-refractivity contribution in [2.24, 2.45) is 12.8 Å². The SMILES string of the molecule is Cc1cc(C)n(-c2nc3c(c(=O)n(CC(N)=O)c(=O)n3C)n2Cc2ccccc2C)n1. The third-order valence-corrected chi connectivity index (χ3v) is 5.32. The third-order valence-electron chi connectivity index (χ3n) is 5.32. The van der Waals surface area contributed by atoms with Crippen molar-refractivity contribution in [1.82, 2.24) is 28.5 Å². The minimum Gasteiger partial charge on any atom is -0.368 e. The molecule has 31 heavy (non-hydrogen) atoms. The van der Waals surface area contributed by atoms with Crippen LogP contribution in [-0.4, -0.2) is 34.4 Å². The number of primary amides is 1. The van der Waals surface area contributed by atoms with Crippen LogP contribution in [0.1, 0.15) is 22.5 Å². The zero-order valence-corrected chi connectivity index (χ0v) is 17.8. The van der Waals surface area contributed by atoms with E-state index >= 15 is 0 Å². The van der Waals surface area contributed by atoms with E-state index < -0.39 is 23.7 Å². The number of nitrogens with two attached hydrogens (primary N) is 1. The van der Waals surface area contributed by atoms with E-state index in [1.54, 1.807) is 9.25 Å². The summed E-state index contributed by atoms with van der Waals surface area (Å²) in [6, 6.07) is 9.72. The number of fused-ring (bicyclic) bond motifs is 1. The van der Waals surface area contributed by atoms with Crippen molar-refractivity contribution in [2.45, 2.75) is 33.9 Å². The molecule has 2 N–H and O–H groups in total. The van der Waals surface area contributed by atoms with Crippen molar-refractivity contribution in [1.29, 1.82) is 0 Å². The van der Waals surface area contributed by atoms with Gasteiger partial charge < -0.3 is 5.73 Å². The maximum Gasteiger partial charge on any atom is 0.332 e. The number of carbonyl (C=O) groups is 1. The van der Waals surface area contributed by atoms with E-state index in [0.29, 0.717) is 12.5 Å². The van der Waals surface area contributed by atoms with Gasteiger partial charge in [-0.15, -0.1) is 0 Å². The van der Waals surface area contributed by atoms with Crippen molar-refractivity contribution < 1.29 is 4.79 Å². The number of aryl methyl sites for hydroxylation is 4. The van der Waals surface area contributed by atoms with Crippen LogP contribution in [0.25, 0.3) is 17.1 Å². The van der Waals surface area contributed by atoms with Gasteiger partial charge in [0.2, 0.25) is 11.9 Å². The van der Waals surface area contributed by atoms with Gasteiger partial charge in [0.25, 0.3) is 5.56 Å². The van der Waals surface area contributed by atoms with Crippen LogP contribution < -0.4 is 17.0 Å². The summed E-state index contributed by atoms with van der Waals surface area (Å²) in [6.07, 6.45) is 0. The first-order valence-electron chi connectivity index (χ1n) is 9.75. The standard InChI is InChI=1S/C21H23N7O3/c1-12-7-5-6-8-15(12)10-26-17-18(23-20(26)28-14(3)9-13(2)24-28)25(4)21(31)27(19(17)30)11-16(22)29/h5-9H,10-11H2,1-4H3,(H2,22,29). The molecular weight excluding hydrogens is 398 g/mol. The Hall–Kier alpha value is -3.95. The zero-order valence-electron chi connectivity index (χ0n) is 17.8. The molecule has 0 aliphatic carbocycles. The quantitative estimate of drug-likeness (QED) is 0.504. The first kappa shape index (κ1) is 20.3. The van der Waals surface area contributed by atoms with Crippen LogP contribution in [0.4, 0.5) is 0 Å². The first-order chi connectivity index (χ1) is 14.7. The van der Waals surface area contributed by atoms with Gasteiger partial charge in [-0.1, -0.05) is 24.3 Å². The molecule has 160 valence electrons. The first-order valence-corrected chi connectivity index (χ1v) is 9.75. The van der Waals surface area contributed by atoms with Crippen molar-refractivity contribution in [3.8, 4) is 5.95 Å². The molecule has 3 aromatic heterocycles. The van der Waals surface area contributed by atoms with Gasteiger partial charge >= 0.3 is 5.69 Å². The summed E-state index contributed by atoms with van der Waals surface area (Å²) in [7, 11) is 1.51. The normalized spacial score (nSPS) is 11.4. The lowest BCUT2D eigenvalue weighted by Crippen LogP contribution is -2.42. The molecule has 0 fully saturated rings.